The van der Waals surface area contributed by atoms with Gasteiger partial charge in [-0.25, -0.2) is 4.39 Å². The number of thiol groups is 1. The van der Waals surface area contributed by atoms with Crippen molar-refractivity contribution < 1.29 is 14.3 Å². The third kappa shape index (κ3) is 4.51. The quantitative estimate of drug-likeness (QED) is 0.745. The number of carbonyl (C=O) groups excluding carboxylic acids is 1. The maximum Gasteiger partial charge on any atom is 0.251 e. The number of amides is 1. The minimum atomic E-state index is -0.456. The van der Waals surface area contributed by atoms with Crippen molar-refractivity contribution in [2.45, 2.75) is 38.1 Å². The molecule has 3 nitrogen and oxygen atoms in total. The maximum atomic E-state index is 13.1. The molecule has 106 valence electrons. The molecule has 1 unspecified atom stereocenters. The lowest BCUT2D eigenvalue weighted by Gasteiger charge is -2.31. The number of aliphatic hydroxyl groups is 1. The number of aliphatic hydroxyl groups excluding tert-OH is 1. The van der Waals surface area contributed by atoms with Gasteiger partial charge in [-0.3, -0.25) is 4.79 Å². The molecule has 2 N–H and O–H groups in total. The highest BCUT2D eigenvalue weighted by Gasteiger charge is 2.26. The Morgan fingerprint density at radius 3 is 2.58 bits per heavy atom. The summed E-state index contributed by atoms with van der Waals surface area (Å²) in [6.07, 6.45) is 0.476. The molecule has 1 atom stereocenters. The predicted molar refractivity (Wildman–Crippen MR) is 76.1 cm³/mol. The molecule has 1 aromatic rings. The molecule has 0 fully saturated rings. The Bertz CT molecular complexity index is 457. The summed E-state index contributed by atoms with van der Waals surface area (Å²) in [6.45, 7) is 5.97. The van der Waals surface area contributed by atoms with Crippen molar-refractivity contribution in [3.05, 3.63) is 29.6 Å². The lowest BCUT2D eigenvalue weighted by atomic mass is 9.85. The van der Waals surface area contributed by atoms with Crippen molar-refractivity contribution in [3.63, 3.8) is 0 Å². The summed E-state index contributed by atoms with van der Waals surface area (Å²) < 4.78 is 13.1. The molecule has 0 aliphatic heterocycles. The van der Waals surface area contributed by atoms with E-state index in [0.29, 0.717) is 12.0 Å². The van der Waals surface area contributed by atoms with E-state index in [2.05, 4.69) is 17.9 Å². The van der Waals surface area contributed by atoms with E-state index in [1.165, 1.54) is 18.2 Å². The van der Waals surface area contributed by atoms with Crippen LogP contribution in [0, 0.1) is 11.2 Å². The van der Waals surface area contributed by atoms with Gasteiger partial charge in [-0.2, -0.15) is 0 Å². The third-order valence-electron chi connectivity index (χ3n) is 2.98. The zero-order chi connectivity index (χ0) is 14.6. The summed E-state index contributed by atoms with van der Waals surface area (Å²) in [7, 11) is 0. The van der Waals surface area contributed by atoms with Gasteiger partial charge in [0, 0.05) is 23.1 Å². The molecule has 0 aromatic heterocycles. The van der Waals surface area contributed by atoms with Gasteiger partial charge in [-0.1, -0.05) is 20.8 Å². The average Bonchev–Trinajstić information content (AvgIpc) is 2.30. The normalized spacial score (nSPS) is 13.2. The van der Waals surface area contributed by atoms with E-state index in [1.54, 1.807) is 0 Å². The average molecular weight is 285 g/mol. The van der Waals surface area contributed by atoms with Crippen LogP contribution in [0.1, 0.15) is 37.6 Å². The SMILES string of the molecule is CC(C)(C)C(CCO)NC(=O)c1ccc(F)c(S)c1. The van der Waals surface area contributed by atoms with E-state index in [1.807, 2.05) is 20.8 Å². The molecule has 0 aliphatic carbocycles. The van der Waals surface area contributed by atoms with Gasteiger partial charge < -0.3 is 10.4 Å². The largest absolute Gasteiger partial charge is 0.396 e. The lowest BCUT2D eigenvalue weighted by Crippen LogP contribution is -2.44. The van der Waals surface area contributed by atoms with Crippen LogP contribution in [0.4, 0.5) is 4.39 Å². The molecule has 1 aromatic carbocycles. The first kappa shape index (κ1) is 16.0. The first-order chi connectivity index (χ1) is 8.75. The van der Waals surface area contributed by atoms with Gasteiger partial charge in [0.2, 0.25) is 0 Å². The van der Waals surface area contributed by atoms with Gasteiger partial charge in [0.1, 0.15) is 5.82 Å². The Hall–Kier alpha value is -1.07. The number of carbonyl (C=O) groups is 1. The van der Waals surface area contributed by atoms with Crippen LogP contribution in [0.5, 0.6) is 0 Å². The summed E-state index contributed by atoms with van der Waals surface area (Å²) in [6, 6.07) is 3.88. The highest BCUT2D eigenvalue weighted by Crippen LogP contribution is 2.22. The van der Waals surface area contributed by atoms with Crippen molar-refractivity contribution in [3.8, 4) is 0 Å². The minimum absolute atomic E-state index is 0.00342. The Balaban J connectivity index is 2.84. The number of halogens is 1. The maximum absolute atomic E-state index is 13.1. The van der Waals surface area contributed by atoms with Crippen molar-refractivity contribution in [2.75, 3.05) is 6.61 Å². The van der Waals surface area contributed by atoms with Crippen LogP contribution in [-0.2, 0) is 0 Å². The van der Waals surface area contributed by atoms with E-state index < -0.39 is 5.82 Å². The van der Waals surface area contributed by atoms with Crippen LogP contribution in [0.2, 0.25) is 0 Å². The molecule has 0 aliphatic rings. The standard InChI is InChI=1S/C14H20FNO2S/c1-14(2,3)12(6-7-17)16-13(18)9-4-5-10(15)11(19)8-9/h4-5,8,12,17,19H,6-7H2,1-3H3,(H,16,18). The summed E-state index contributed by atoms with van der Waals surface area (Å²) in [5, 5.41) is 11.9. The molecule has 0 bridgehead atoms. The van der Waals surface area contributed by atoms with Crippen LogP contribution in [0.15, 0.2) is 23.1 Å². The van der Waals surface area contributed by atoms with Crippen LogP contribution in [0.3, 0.4) is 0 Å². The molecule has 0 spiro atoms. The van der Waals surface area contributed by atoms with E-state index in [0.717, 1.165) is 0 Å². The van der Waals surface area contributed by atoms with Crippen molar-refractivity contribution >= 4 is 18.5 Å². The van der Waals surface area contributed by atoms with Crippen LogP contribution >= 0.6 is 12.6 Å². The summed E-state index contributed by atoms with van der Waals surface area (Å²) in [5.41, 5.74) is 0.195. The van der Waals surface area contributed by atoms with Gasteiger partial charge >= 0.3 is 0 Å². The summed E-state index contributed by atoms with van der Waals surface area (Å²) in [5.74, 6) is -0.744. The second kappa shape index (κ2) is 6.39. The molecule has 0 saturated heterocycles. The molecular formula is C14H20FNO2S. The summed E-state index contributed by atoms with van der Waals surface area (Å²) in [4.78, 5) is 12.2. The zero-order valence-electron chi connectivity index (χ0n) is 11.4. The van der Waals surface area contributed by atoms with E-state index in [4.69, 9.17) is 5.11 Å². The molecule has 1 amide bonds. The van der Waals surface area contributed by atoms with E-state index in [-0.39, 0.29) is 28.9 Å². The third-order valence-corrected chi connectivity index (χ3v) is 3.32. The van der Waals surface area contributed by atoms with Crippen molar-refractivity contribution in [2.24, 2.45) is 5.41 Å². The van der Waals surface area contributed by atoms with Gasteiger partial charge in [-0.05, 0) is 30.0 Å². The first-order valence-corrected chi connectivity index (χ1v) is 6.60. The molecule has 0 saturated carbocycles. The number of hydrogen-bond acceptors (Lipinski definition) is 3. The minimum Gasteiger partial charge on any atom is -0.396 e. The van der Waals surface area contributed by atoms with E-state index in [9.17, 15) is 9.18 Å². The molecule has 0 heterocycles. The fourth-order valence-electron chi connectivity index (χ4n) is 1.75. The van der Waals surface area contributed by atoms with Gasteiger partial charge in [0.15, 0.2) is 0 Å². The highest BCUT2D eigenvalue weighted by atomic mass is 32.1. The molecule has 1 rings (SSSR count). The van der Waals surface area contributed by atoms with Crippen molar-refractivity contribution in [1.29, 1.82) is 0 Å². The topological polar surface area (TPSA) is 49.3 Å². The highest BCUT2D eigenvalue weighted by molar-refractivity contribution is 7.80. The van der Waals surface area contributed by atoms with E-state index >= 15 is 0 Å². The Labute approximate surface area is 118 Å². The predicted octanol–water partition coefficient (Wildman–Crippen LogP) is 2.64. The number of hydrogen-bond donors (Lipinski definition) is 3. The van der Waals surface area contributed by atoms with Crippen LogP contribution < -0.4 is 5.32 Å². The fourth-order valence-corrected chi connectivity index (χ4v) is 1.96. The van der Waals surface area contributed by atoms with Gasteiger partial charge in [0.25, 0.3) is 5.91 Å². The van der Waals surface area contributed by atoms with Gasteiger partial charge in [0.05, 0.1) is 0 Å². The Morgan fingerprint density at radius 1 is 1.47 bits per heavy atom. The monoisotopic (exact) mass is 285 g/mol. The number of rotatable bonds is 4. The summed E-state index contributed by atoms with van der Waals surface area (Å²) >= 11 is 3.96. The van der Waals surface area contributed by atoms with Gasteiger partial charge in [-0.15, -0.1) is 12.6 Å². The van der Waals surface area contributed by atoms with Crippen molar-refractivity contribution in [1.82, 2.24) is 5.32 Å². The lowest BCUT2D eigenvalue weighted by molar-refractivity contribution is 0.0885. The zero-order valence-corrected chi connectivity index (χ0v) is 12.3. The molecule has 5 heteroatoms. The molecule has 19 heavy (non-hydrogen) atoms. The second-order valence-electron chi connectivity index (χ2n) is 5.57. The second-order valence-corrected chi connectivity index (χ2v) is 6.05. The number of benzene rings is 1. The fraction of sp³-hybridized carbons (Fsp3) is 0.500. The smallest absolute Gasteiger partial charge is 0.251 e. The number of nitrogens with one attached hydrogen (secondary N) is 1. The Kier molecular flexibility index (Phi) is 5.38. The molecule has 0 radical (unpaired) electrons. The van der Waals surface area contributed by atoms with Crippen LogP contribution in [0.25, 0.3) is 0 Å². The van der Waals surface area contributed by atoms with Crippen LogP contribution in [-0.4, -0.2) is 23.7 Å². The first-order valence-electron chi connectivity index (χ1n) is 6.16. The Morgan fingerprint density at radius 2 is 2.11 bits per heavy atom. The molecular weight excluding hydrogens is 265 g/mol.